The molecule has 2 aromatic carbocycles. The molecule has 1 heterocycles. The zero-order valence-electron chi connectivity index (χ0n) is 18.4. The number of nitrogens with zero attached hydrogens (tertiary/aromatic N) is 3. The quantitative estimate of drug-likeness (QED) is 0.365. The van der Waals surface area contributed by atoms with Crippen molar-refractivity contribution in [3.63, 3.8) is 0 Å². The van der Waals surface area contributed by atoms with Crippen LogP contribution in [0.2, 0.25) is 0 Å². The molecular weight excluding hydrogens is 443 g/mol. The molecule has 3 aromatic rings. The van der Waals surface area contributed by atoms with Gasteiger partial charge in [0.15, 0.2) is 0 Å². The molecule has 0 spiro atoms. The van der Waals surface area contributed by atoms with E-state index in [-0.39, 0.29) is 6.61 Å². The number of hydrogen-bond acceptors (Lipinski definition) is 4. The van der Waals surface area contributed by atoms with Gasteiger partial charge in [0.1, 0.15) is 30.2 Å². The van der Waals surface area contributed by atoms with Gasteiger partial charge in [0.25, 0.3) is 0 Å². The summed E-state index contributed by atoms with van der Waals surface area (Å²) < 4.78 is 46.7. The molecule has 0 saturated carbocycles. The van der Waals surface area contributed by atoms with Crippen molar-refractivity contribution in [2.45, 2.75) is 24.1 Å². The standard InChI is InChI=1S/C26H22F3N3O2/c1-3-16-34-23(33)25(20-8-5-4-6-9-20)15-7-10-22(24(25,2)32-18-30-17-31-32)19-11-13-21(14-12-19)26(27,28)29/h3-15,17-18H,1,16H2,2H3. The number of carbonyl (C=O) groups is 1. The van der Waals surface area contributed by atoms with Crippen LogP contribution in [0.4, 0.5) is 13.2 Å². The molecule has 4 rings (SSSR count). The molecule has 0 saturated heterocycles. The Labute approximate surface area is 194 Å². The molecule has 0 aliphatic heterocycles. The lowest BCUT2D eigenvalue weighted by atomic mass is 9.59. The van der Waals surface area contributed by atoms with E-state index in [0.29, 0.717) is 16.7 Å². The van der Waals surface area contributed by atoms with Crippen LogP contribution in [-0.4, -0.2) is 27.3 Å². The van der Waals surface area contributed by atoms with Crippen LogP contribution >= 0.6 is 0 Å². The Morgan fingerprint density at radius 2 is 1.85 bits per heavy atom. The molecule has 1 aliphatic carbocycles. The first-order valence-corrected chi connectivity index (χ1v) is 10.5. The summed E-state index contributed by atoms with van der Waals surface area (Å²) in [7, 11) is 0. The van der Waals surface area contributed by atoms with Crippen molar-refractivity contribution < 1.29 is 22.7 Å². The number of allylic oxidation sites excluding steroid dienone is 3. The van der Waals surface area contributed by atoms with Crippen LogP contribution in [0.5, 0.6) is 0 Å². The van der Waals surface area contributed by atoms with Crippen molar-refractivity contribution in [3.05, 3.63) is 115 Å². The number of carbonyl (C=O) groups excluding carboxylic acids is 1. The van der Waals surface area contributed by atoms with Crippen molar-refractivity contribution in [1.29, 1.82) is 0 Å². The third kappa shape index (κ3) is 3.65. The minimum Gasteiger partial charge on any atom is -0.460 e. The van der Waals surface area contributed by atoms with Crippen molar-refractivity contribution in [3.8, 4) is 0 Å². The second-order valence-electron chi connectivity index (χ2n) is 7.99. The molecule has 8 heteroatoms. The van der Waals surface area contributed by atoms with Crippen molar-refractivity contribution in [1.82, 2.24) is 14.8 Å². The lowest BCUT2D eigenvalue weighted by Gasteiger charge is -2.48. The van der Waals surface area contributed by atoms with E-state index in [9.17, 15) is 18.0 Å². The van der Waals surface area contributed by atoms with Crippen LogP contribution < -0.4 is 0 Å². The number of aromatic nitrogens is 3. The number of ether oxygens (including phenoxy) is 1. The maximum Gasteiger partial charge on any atom is 0.416 e. The maximum absolute atomic E-state index is 13.8. The summed E-state index contributed by atoms with van der Waals surface area (Å²) >= 11 is 0. The number of halogens is 3. The second-order valence-corrected chi connectivity index (χ2v) is 7.99. The molecule has 34 heavy (non-hydrogen) atoms. The molecular formula is C26H22F3N3O2. The average molecular weight is 465 g/mol. The normalized spacial score (nSPS) is 22.2. The molecule has 0 radical (unpaired) electrons. The summed E-state index contributed by atoms with van der Waals surface area (Å²) in [5, 5.41) is 4.35. The largest absolute Gasteiger partial charge is 0.460 e. The van der Waals surface area contributed by atoms with Gasteiger partial charge in [0.05, 0.1) is 5.56 Å². The first kappa shape index (κ1) is 23.2. The van der Waals surface area contributed by atoms with Crippen molar-refractivity contribution in [2.24, 2.45) is 0 Å². The van der Waals surface area contributed by atoms with E-state index >= 15 is 0 Å². The van der Waals surface area contributed by atoms with Gasteiger partial charge in [-0.2, -0.15) is 18.3 Å². The number of esters is 1. The van der Waals surface area contributed by atoms with Crippen LogP contribution in [0, 0.1) is 0 Å². The molecule has 0 N–H and O–H groups in total. The van der Waals surface area contributed by atoms with Crippen LogP contribution in [0.1, 0.15) is 23.6 Å². The van der Waals surface area contributed by atoms with Crippen LogP contribution in [-0.2, 0) is 26.7 Å². The second kappa shape index (κ2) is 8.78. The zero-order chi connectivity index (χ0) is 24.4. The maximum atomic E-state index is 13.8. The minimum absolute atomic E-state index is 0.00593. The Morgan fingerprint density at radius 3 is 2.44 bits per heavy atom. The van der Waals surface area contributed by atoms with Gasteiger partial charge >= 0.3 is 12.1 Å². The number of hydrogen-bond donors (Lipinski definition) is 0. The molecule has 1 aromatic heterocycles. The van der Waals surface area contributed by atoms with E-state index in [1.165, 1.54) is 30.9 Å². The molecule has 2 atom stereocenters. The van der Waals surface area contributed by atoms with Crippen LogP contribution in [0.15, 0.2) is 98.1 Å². The average Bonchev–Trinajstić information content (AvgIpc) is 3.38. The molecule has 0 amide bonds. The van der Waals surface area contributed by atoms with Crippen LogP contribution in [0.25, 0.3) is 5.57 Å². The minimum atomic E-state index is -4.46. The third-order valence-corrected chi connectivity index (χ3v) is 6.18. The Morgan fingerprint density at radius 1 is 1.15 bits per heavy atom. The fourth-order valence-corrected chi connectivity index (χ4v) is 4.50. The molecule has 1 aliphatic rings. The number of rotatable bonds is 6. The fourth-order valence-electron chi connectivity index (χ4n) is 4.50. The molecule has 0 fully saturated rings. The summed E-state index contributed by atoms with van der Waals surface area (Å²) in [6.45, 7) is 5.42. The summed E-state index contributed by atoms with van der Waals surface area (Å²) in [5.41, 5.74) is -1.68. The first-order valence-electron chi connectivity index (χ1n) is 10.5. The van der Waals surface area contributed by atoms with E-state index in [0.717, 1.165) is 12.1 Å². The fraction of sp³-hybridized carbons (Fsp3) is 0.192. The van der Waals surface area contributed by atoms with Gasteiger partial charge in [0.2, 0.25) is 0 Å². The van der Waals surface area contributed by atoms with E-state index in [4.69, 9.17) is 4.74 Å². The van der Waals surface area contributed by atoms with Gasteiger partial charge in [-0.25, -0.2) is 9.67 Å². The van der Waals surface area contributed by atoms with Gasteiger partial charge in [-0.15, -0.1) is 0 Å². The lowest BCUT2D eigenvalue weighted by molar-refractivity contribution is -0.150. The Balaban J connectivity index is 1.98. The first-order chi connectivity index (χ1) is 16.2. The van der Waals surface area contributed by atoms with Gasteiger partial charge in [0, 0.05) is 0 Å². The number of alkyl halides is 3. The van der Waals surface area contributed by atoms with Crippen molar-refractivity contribution in [2.75, 3.05) is 6.61 Å². The molecule has 5 nitrogen and oxygen atoms in total. The highest BCUT2D eigenvalue weighted by Gasteiger charge is 2.59. The highest BCUT2D eigenvalue weighted by atomic mass is 19.4. The Hall–Kier alpha value is -3.94. The molecule has 174 valence electrons. The summed E-state index contributed by atoms with van der Waals surface area (Å²) in [5.74, 6) is -0.551. The summed E-state index contributed by atoms with van der Waals surface area (Å²) in [6.07, 6.45) is 5.07. The topological polar surface area (TPSA) is 57.0 Å². The highest BCUT2D eigenvalue weighted by Crippen LogP contribution is 2.52. The third-order valence-electron chi connectivity index (χ3n) is 6.18. The molecule has 0 bridgehead atoms. The smallest absolute Gasteiger partial charge is 0.416 e. The predicted octanol–water partition coefficient (Wildman–Crippen LogP) is 5.33. The van der Waals surface area contributed by atoms with E-state index in [1.54, 1.807) is 29.8 Å². The van der Waals surface area contributed by atoms with Gasteiger partial charge in [-0.1, -0.05) is 73.3 Å². The zero-order valence-corrected chi connectivity index (χ0v) is 18.4. The van der Waals surface area contributed by atoms with Gasteiger partial charge < -0.3 is 4.74 Å². The number of benzene rings is 2. The highest BCUT2D eigenvalue weighted by molar-refractivity contribution is 5.94. The Kier molecular flexibility index (Phi) is 6.00. The monoisotopic (exact) mass is 465 g/mol. The summed E-state index contributed by atoms with van der Waals surface area (Å²) in [4.78, 5) is 17.9. The lowest BCUT2D eigenvalue weighted by Crippen LogP contribution is -2.57. The van der Waals surface area contributed by atoms with E-state index < -0.39 is 28.7 Å². The van der Waals surface area contributed by atoms with Crippen molar-refractivity contribution >= 4 is 11.5 Å². The van der Waals surface area contributed by atoms with E-state index in [1.807, 2.05) is 30.3 Å². The SMILES string of the molecule is C=CCOC(=O)C1(c2ccccc2)C=CC=C(c2ccc(C(F)(F)F)cc2)C1(C)n1cncn1. The van der Waals surface area contributed by atoms with Gasteiger partial charge in [-0.05, 0) is 35.8 Å². The van der Waals surface area contributed by atoms with E-state index in [2.05, 4.69) is 16.7 Å². The summed E-state index contributed by atoms with van der Waals surface area (Å²) in [6, 6.07) is 13.9. The van der Waals surface area contributed by atoms with Crippen LogP contribution in [0.3, 0.4) is 0 Å². The molecule has 2 unspecified atom stereocenters. The Bertz CT molecular complexity index is 1230. The van der Waals surface area contributed by atoms with Gasteiger partial charge in [-0.3, -0.25) is 4.79 Å². The predicted molar refractivity (Wildman–Crippen MR) is 122 cm³/mol.